The summed E-state index contributed by atoms with van der Waals surface area (Å²) >= 11 is 0. The Kier molecular flexibility index (Phi) is 38.5. The Morgan fingerprint density at radius 3 is 0.968 bits per heavy atom. The minimum Gasteiger partial charge on any atom is -0.415 e. The Morgan fingerprint density at radius 2 is 0.710 bits per heavy atom. The van der Waals surface area contributed by atoms with E-state index in [-0.39, 0.29) is 34.3 Å². The lowest BCUT2D eigenvalue weighted by molar-refractivity contribution is -0.126. The molecule has 0 radical (unpaired) electrons. The quantitative estimate of drug-likeness (QED) is 0.0489. The van der Waals surface area contributed by atoms with Crippen LogP contribution >= 0.6 is 0 Å². The fraction of sp³-hybridized carbons (Fsp3) is 0.983. The molecule has 0 heterocycles. The number of carbonyl (C=O) groups is 1. The van der Waals surface area contributed by atoms with Gasteiger partial charge in [0, 0.05) is 6.42 Å². The molecule has 0 aromatic heterocycles. The summed E-state index contributed by atoms with van der Waals surface area (Å²) in [5, 5.41) is 3.76. The van der Waals surface area contributed by atoms with E-state index < -0.39 is 9.04 Å². The van der Waals surface area contributed by atoms with E-state index >= 15 is 0 Å². The Morgan fingerprint density at radius 1 is 0.419 bits per heavy atom. The third-order valence-corrected chi connectivity index (χ3v) is 15.1. The molecule has 0 saturated heterocycles. The third kappa shape index (κ3) is 34.9. The predicted octanol–water partition coefficient (Wildman–Crippen LogP) is 19.7. The summed E-state index contributed by atoms with van der Waals surface area (Å²) in [7, 11) is -1.37. The van der Waals surface area contributed by atoms with Crippen LogP contribution in [0.2, 0.25) is 13.1 Å². The average Bonchev–Trinajstić information content (AvgIpc) is 3.18. The molecule has 0 fully saturated rings. The first-order valence-electron chi connectivity index (χ1n) is 28.4. The minimum absolute atomic E-state index is 0.00323. The van der Waals surface area contributed by atoms with E-state index in [0.717, 1.165) is 6.42 Å². The van der Waals surface area contributed by atoms with Crippen LogP contribution in [-0.2, 0) is 9.22 Å². The standard InChI is InChI=1S/C58H119NO2Si/c1-14-16-18-20-22-24-26-28-29-30-31-32-33-34-35-36-37-38-40-42-44-46-48-50-52(60)59-54(55(58(9,10)11)61-62(12)13)53(57(6,7)8)51(56(3,4)5)49-47-45-43-41-39-27-25-23-21-19-17-15-2/h51,53-55,62H,14-50H2,1-13H3,(H,59,60)/t51-,53-,54+,55?/m1/s1. The molecule has 0 aliphatic heterocycles. The van der Waals surface area contributed by atoms with Crippen LogP contribution in [0.5, 0.6) is 0 Å². The summed E-state index contributed by atoms with van der Waals surface area (Å²) in [4.78, 5) is 14.0. The summed E-state index contributed by atoms with van der Waals surface area (Å²) in [6.45, 7) is 30.9. The van der Waals surface area contributed by atoms with Crippen molar-refractivity contribution < 1.29 is 9.22 Å². The highest BCUT2D eigenvalue weighted by atomic mass is 28.3. The monoisotopic (exact) mass is 890 g/mol. The van der Waals surface area contributed by atoms with E-state index in [0.29, 0.717) is 18.3 Å². The number of unbranched alkanes of at least 4 members (excludes halogenated alkanes) is 33. The molecular formula is C58H119NO2Si. The Bertz CT molecular complexity index is 973. The van der Waals surface area contributed by atoms with Crippen molar-refractivity contribution in [1.82, 2.24) is 5.32 Å². The first-order chi connectivity index (χ1) is 29.5. The molecule has 372 valence electrons. The number of nitrogens with one attached hydrogen (secondary N) is 1. The van der Waals surface area contributed by atoms with Gasteiger partial charge in [-0.15, -0.1) is 0 Å². The first-order valence-corrected chi connectivity index (χ1v) is 31.2. The van der Waals surface area contributed by atoms with Crippen LogP contribution in [0.1, 0.15) is 314 Å². The Hall–Kier alpha value is -0.353. The van der Waals surface area contributed by atoms with E-state index in [9.17, 15) is 4.79 Å². The van der Waals surface area contributed by atoms with Crippen LogP contribution in [-0.4, -0.2) is 27.1 Å². The van der Waals surface area contributed by atoms with Gasteiger partial charge in [-0.05, 0) is 54.0 Å². The summed E-state index contributed by atoms with van der Waals surface area (Å²) < 4.78 is 7.01. The molecule has 3 nitrogen and oxygen atoms in total. The summed E-state index contributed by atoms with van der Waals surface area (Å²) in [6.07, 6.45) is 50.5. The van der Waals surface area contributed by atoms with Crippen molar-refractivity contribution in [3.05, 3.63) is 0 Å². The van der Waals surface area contributed by atoms with Crippen molar-refractivity contribution in [2.24, 2.45) is 28.1 Å². The van der Waals surface area contributed by atoms with Crippen LogP contribution < -0.4 is 5.32 Å². The highest BCUT2D eigenvalue weighted by molar-refractivity contribution is 6.48. The van der Waals surface area contributed by atoms with E-state index in [1.165, 1.54) is 225 Å². The molecule has 0 aliphatic carbocycles. The second-order valence-corrected chi connectivity index (χ2v) is 26.5. The lowest BCUT2D eigenvalue weighted by Crippen LogP contribution is -2.60. The van der Waals surface area contributed by atoms with Crippen molar-refractivity contribution in [3.8, 4) is 0 Å². The zero-order chi connectivity index (χ0) is 46.5. The van der Waals surface area contributed by atoms with E-state index in [1.54, 1.807) is 0 Å². The second-order valence-electron chi connectivity index (χ2n) is 24.1. The number of amides is 1. The van der Waals surface area contributed by atoms with E-state index in [2.05, 4.69) is 94.6 Å². The normalized spacial score (nSPS) is 14.7. The van der Waals surface area contributed by atoms with Gasteiger partial charge in [0.1, 0.15) is 0 Å². The maximum Gasteiger partial charge on any atom is 0.220 e. The van der Waals surface area contributed by atoms with Crippen LogP contribution in [0.4, 0.5) is 0 Å². The number of carbonyl (C=O) groups excluding carboxylic acids is 1. The van der Waals surface area contributed by atoms with Gasteiger partial charge in [-0.3, -0.25) is 4.79 Å². The van der Waals surface area contributed by atoms with Gasteiger partial charge in [-0.1, -0.05) is 294 Å². The number of rotatable bonds is 43. The molecule has 62 heavy (non-hydrogen) atoms. The van der Waals surface area contributed by atoms with Gasteiger partial charge < -0.3 is 9.74 Å². The van der Waals surface area contributed by atoms with Crippen molar-refractivity contribution in [2.45, 2.75) is 339 Å². The minimum atomic E-state index is -1.37. The number of hydrogen-bond acceptors (Lipinski definition) is 2. The molecular weight excluding hydrogens is 771 g/mol. The molecule has 0 aromatic carbocycles. The molecule has 0 rings (SSSR count). The van der Waals surface area contributed by atoms with Gasteiger partial charge in [-0.25, -0.2) is 0 Å². The fourth-order valence-corrected chi connectivity index (χ4v) is 11.7. The summed E-state index contributed by atoms with van der Waals surface area (Å²) in [6, 6.07) is 0.00323. The molecule has 0 spiro atoms. The van der Waals surface area contributed by atoms with Crippen LogP contribution in [0.3, 0.4) is 0 Å². The van der Waals surface area contributed by atoms with Gasteiger partial charge >= 0.3 is 0 Å². The lowest BCUT2D eigenvalue weighted by Gasteiger charge is -2.52. The maximum atomic E-state index is 14.0. The van der Waals surface area contributed by atoms with Gasteiger partial charge in [0.15, 0.2) is 9.04 Å². The van der Waals surface area contributed by atoms with Gasteiger partial charge in [0.2, 0.25) is 5.91 Å². The third-order valence-electron chi connectivity index (χ3n) is 14.2. The molecule has 0 saturated carbocycles. The lowest BCUT2D eigenvalue weighted by atomic mass is 9.58. The molecule has 1 amide bonds. The van der Waals surface area contributed by atoms with Crippen molar-refractivity contribution in [2.75, 3.05) is 0 Å². The maximum absolute atomic E-state index is 14.0. The first kappa shape index (κ1) is 61.6. The van der Waals surface area contributed by atoms with E-state index in [1.807, 2.05) is 0 Å². The molecule has 1 N–H and O–H groups in total. The molecule has 4 atom stereocenters. The topological polar surface area (TPSA) is 38.3 Å². The molecule has 0 bridgehead atoms. The summed E-state index contributed by atoms with van der Waals surface area (Å²) in [5.41, 5.74) is 0.107. The SMILES string of the molecule is CCCCCCCCCCCCCCCCCCCCCCCCCC(=O)N[C@H](C(O[SiH](C)C)C(C)(C)C)[C@@H]([C@@H](CCCCCCCCCCCCCC)C(C)(C)C)C(C)(C)C. The van der Waals surface area contributed by atoms with E-state index in [4.69, 9.17) is 4.43 Å². The summed E-state index contributed by atoms with van der Waals surface area (Å²) in [5.74, 6) is 1.07. The van der Waals surface area contributed by atoms with Crippen LogP contribution in [0.15, 0.2) is 0 Å². The van der Waals surface area contributed by atoms with Crippen LogP contribution in [0, 0.1) is 28.1 Å². The Balaban J connectivity index is 4.84. The smallest absolute Gasteiger partial charge is 0.220 e. The molecule has 4 heteroatoms. The largest absolute Gasteiger partial charge is 0.415 e. The highest BCUT2D eigenvalue weighted by Crippen LogP contribution is 2.48. The molecule has 1 unspecified atom stereocenters. The van der Waals surface area contributed by atoms with Gasteiger partial charge in [0.05, 0.1) is 12.1 Å². The fourth-order valence-electron chi connectivity index (χ4n) is 10.6. The van der Waals surface area contributed by atoms with Crippen molar-refractivity contribution in [1.29, 1.82) is 0 Å². The molecule has 0 aromatic rings. The predicted molar refractivity (Wildman–Crippen MR) is 283 cm³/mol. The molecule has 0 aliphatic rings. The Labute approximate surface area is 394 Å². The van der Waals surface area contributed by atoms with Crippen molar-refractivity contribution in [3.63, 3.8) is 0 Å². The zero-order valence-corrected chi connectivity index (χ0v) is 46.5. The average molecular weight is 891 g/mol. The van der Waals surface area contributed by atoms with Crippen molar-refractivity contribution >= 4 is 14.9 Å². The zero-order valence-electron chi connectivity index (χ0n) is 45.4. The van der Waals surface area contributed by atoms with Gasteiger partial charge in [-0.2, -0.15) is 0 Å². The van der Waals surface area contributed by atoms with Gasteiger partial charge in [0.25, 0.3) is 0 Å². The highest BCUT2D eigenvalue weighted by Gasteiger charge is 2.48. The number of hydrogen-bond donors (Lipinski definition) is 1. The second kappa shape index (κ2) is 38.7. The van der Waals surface area contributed by atoms with Crippen LogP contribution in [0.25, 0.3) is 0 Å².